The van der Waals surface area contributed by atoms with Crippen LogP contribution < -0.4 is 10.2 Å². The second kappa shape index (κ2) is 9.11. The van der Waals surface area contributed by atoms with Gasteiger partial charge in [-0.3, -0.25) is 10.1 Å². The van der Waals surface area contributed by atoms with Gasteiger partial charge in [-0.2, -0.15) is 0 Å². The highest BCUT2D eigenvalue weighted by Crippen LogP contribution is 2.35. The molecule has 0 unspecified atom stereocenters. The number of nitro groups is 1. The van der Waals surface area contributed by atoms with Crippen LogP contribution in [0.1, 0.15) is 0 Å². The van der Waals surface area contributed by atoms with Crippen LogP contribution in [0.3, 0.4) is 0 Å². The van der Waals surface area contributed by atoms with E-state index < -0.39 is 4.92 Å². The van der Waals surface area contributed by atoms with Gasteiger partial charge in [-0.25, -0.2) is 0 Å². The Morgan fingerprint density at radius 3 is 2.52 bits per heavy atom. The maximum Gasteiger partial charge on any atom is 0.315 e. The highest BCUT2D eigenvalue weighted by atomic mass is 16.6. The monoisotopic (exact) mass is 299 g/mol. The molecule has 0 heterocycles. The first kappa shape index (κ1) is 17.2. The van der Waals surface area contributed by atoms with E-state index in [1.165, 1.54) is 0 Å². The molecule has 1 aromatic rings. The van der Waals surface area contributed by atoms with Crippen molar-refractivity contribution < 1.29 is 19.9 Å². The summed E-state index contributed by atoms with van der Waals surface area (Å²) in [6, 6.07) is 4.91. The van der Waals surface area contributed by atoms with Crippen LogP contribution in [0.4, 0.5) is 17.1 Å². The molecule has 118 valence electrons. The minimum absolute atomic E-state index is 0.0736. The average molecular weight is 299 g/mol. The number of para-hydroxylation sites is 1. The summed E-state index contributed by atoms with van der Waals surface area (Å²) < 4.78 is 4.91. The van der Waals surface area contributed by atoms with Gasteiger partial charge in [0.05, 0.1) is 24.7 Å². The van der Waals surface area contributed by atoms with E-state index in [4.69, 9.17) is 14.9 Å². The molecule has 0 aliphatic rings. The van der Waals surface area contributed by atoms with E-state index in [2.05, 4.69) is 5.32 Å². The van der Waals surface area contributed by atoms with E-state index in [1.807, 2.05) is 0 Å². The molecule has 8 heteroatoms. The van der Waals surface area contributed by atoms with Crippen molar-refractivity contribution in [1.29, 1.82) is 0 Å². The fourth-order valence-corrected chi connectivity index (χ4v) is 2.00. The molecule has 0 atom stereocenters. The Morgan fingerprint density at radius 1 is 1.33 bits per heavy atom. The van der Waals surface area contributed by atoms with E-state index in [9.17, 15) is 10.1 Å². The molecule has 8 nitrogen and oxygen atoms in total. The molecule has 0 bridgehead atoms. The van der Waals surface area contributed by atoms with Crippen LogP contribution in [0.2, 0.25) is 0 Å². The van der Waals surface area contributed by atoms with E-state index >= 15 is 0 Å². The van der Waals surface area contributed by atoms with Crippen molar-refractivity contribution in [2.24, 2.45) is 0 Å². The van der Waals surface area contributed by atoms with Crippen LogP contribution in [-0.2, 0) is 4.74 Å². The Morgan fingerprint density at radius 2 is 2.00 bits per heavy atom. The van der Waals surface area contributed by atoms with Gasteiger partial charge in [-0.05, 0) is 12.1 Å². The smallest absolute Gasteiger partial charge is 0.315 e. The molecular weight excluding hydrogens is 278 g/mol. The summed E-state index contributed by atoms with van der Waals surface area (Å²) in [6.07, 6.45) is 0. The van der Waals surface area contributed by atoms with Crippen LogP contribution in [0.5, 0.6) is 0 Å². The Kier molecular flexibility index (Phi) is 7.44. The molecule has 1 aromatic carbocycles. The predicted molar refractivity (Wildman–Crippen MR) is 79.8 cm³/mol. The van der Waals surface area contributed by atoms with E-state index in [1.54, 1.807) is 30.2 Å². The molecule has 0 amide bonds. The summed E-state index contributed by atoms with van der Waals surface area (Å²) in [7, 11) is 1.55. The number of aliphatic hydroxyl groups excluding tert-OH is 2. The van der Waals surface area contributed by atoms with Crippen molar-refractivity contribution in [3.8, 4) is 0 Å². The molecule has 0 aromatic heterocycles. The number of methoxy groups -OCH3 is 1. The van der Waals surface area contributed by atoms with Crippen LogP contribution in [0, 0.1) is 10.1 Å². The van der Waals surface area contributed by atoms with Crippen molar-refractivity contribution in [2.45, 2.75) is 0 Å². The number of benzene rings is 1. The van der Waals surface area contributed by atoms with E-state index in [0.717, 1.165) is 0 Å². The SMILES string of the molecule is COCCNc1cccc(N(CCO)CCO)c1[N+](=O)[O-]. The number of anilines is 2. The lowest BCUT2D eigenvalue weighted by Crippen LogP contribution is -2.30. The van der Waals surface area contributed by atoms with Crippen LogP contribution in [0.25, 0.3) is 0 Å². The summed E-state index contributed by atoms with van der Waals surface area (Å²) in [5.74, 6) is 0. The third-order valence-electron chi connectivity index (χ3n) is 2.90. The topological polar surface area (TPSA) is 108 Å². The molecule has 21 heavy (non-hydrogen) atoms. The minimum Gasteiger partial charge on any atom is -0.395 e. The number of aliphatic hydroxyl groups is 2. The van der Waals surface area contributed by atoms with Gasteiger partial charge in [-0.15, -0.1) is 0 Å². The van der Waals surface area contributed by atoms with Crippen LogP contribution in [-0.4, -0.2) is 61.7 Å². The zero-order valence-electron chi connectivity index (χ0n) is 12.0. The molecular formula is C13H21N3O5. The third kappa shape index (κ3) is 4.85. The van der Waals surface area contributed by atoms with Gasteiger partial charge in [0.15, 0.2) is 0 Å². The number of nitrogens with one attached hydrogen (secondary N) is 1. The van der Waals surface area contributed by atoms with Gasteiger partial charge < -0.3 is 25.2 Å². The Balaban J connectivity index is 3.11. The Bertz CT molecular complexity index is 449. The largest absolute Gasteiger partial charge is 0.395 e. The standard InChI is InChI=1S/C13H21N3O5/c1-21-10-5-14-11-3-2-4-12(13(11)16(19)20)15(6-8-17)7-9-18/h2-4,14,17-18H,5-10H2,1H3. The minimum atomic E-state index is -0.466. The van der Waals surface area contributed by atoms with E-state index in [-0.39, 0.29) is 32.0 Å². The number of ether oxygens (including phenoxy) is 1. The maximum absolute atomic E-state index is 11.4. The first-order chi connectivity index (χ1) is 10.2. The van der Waals surface area contributed by atoms with Crippen molar-refractivity contribution in [2.75, 3.05) is 56.8 Å². The average Bonchev–Trinajstić information content (AvgIpc) is 2.47. The number of hydrogen-bond donors (Lipinski definition) is 3. The molecule has 0 aliphatic heterocycles. The lowest BCUT2D eigenvalue weighted by Gasteiger charge is -2.23. The summed E-state index contributed by atoms with van der Waals surface area (Å²) in [6.45, 7) is 0.988. The first-order valence-electron chi connectivity index (χ1n) is 6.62. The molecule has 1 rings (SSSR count). The Hall–Kier alpha value is -1.90. The van der Waals surface area contributed by atoms with Crippen molar-refractivity contribution >= 4 is 17.1 Å². The van der Waals surface area contributed by atoms with Crippen LogP contribution in [0.15, 0.2) is 18.2 Å². The highest BCUT2D eigenvalue weighted by Gasteiger charge is 2.23. The molecule has 0 saturated carbocycles. The van der Waals surface area contributed by atoms with Gasteiger partial charge in [0.25, 0.3) is 0 Å². The van der Waals surface area contributed by atoms with Crippen molar-refractivity contribution in [1.82, 2.24) is 0 Å². The molecule has 0 radical (unpaired) electrons. The molecule has 3 N–H and O–H groups in total. The highest BCUT2D eigenvalue weighted by molar-refractivity contribution is 5.77. The summed E-state index contributed by atoms with van der Waals surface area (Å²) >= 11 is 0. The Labute approximate surface area is 123 Å². The second-order valence-corrected chi connectivity index (χ2v) is 4.28. The van der Waals surface area contributed by atoms with Gasteiger partial charge in [0.1, 0.15) is 11.4 Å². The number of nitro benzene ring substituents is 1. The van der Waals surface area contributed by atoms with E-state index in [0.29, 0.717) is 24.5 Å². The normalized spacial score (nSPS) is 10.4. The van der Waals surface area contributed by atoms with Gasteiger partial charge in [0, 0.05) is 26.7 Å². The quantitative estimate of drug-likeness (QED) is 0.327. The fourth-order valence-electron chi connectivity index (χ4n) is 2.00. The lowest BCUT2D eigenvalue weighted by atomic mass is 10.2. The second-order valence-electron chi connectivity index (χ2n) is 4.28. The molecule has 0 saturated heterocycles. The summed E-state index contributed by atoms with van der Waals surface area (Å²) in [4.78, 5) is 12.5. The molecule has 0 fully saturated rings. The maximum atomic E-state index is 11.4. The van der Waals surface area contributed by atoms with Gasteiger partial charge in [0.2, 0.25) is 0 Å². The van der Waals surface area contributed by atoms with Crippen LogP contribution >= 0.6 is 0 Å². The van der Waals surface area contributed by atoms with Gasteiger partial charge >= 0.3 is 5.69 Å². The zero-order valence-corrected chi connectivity index (χ0v) is 12.0. The van der Waals surface area contributed by atoms with Crippen molar-refractivity contribution in [3.05, 3.63) is 28.3 Å². The number of nitrogens with zero attached hydrogens (tertiary/aromatic N) is 2. The predicted octanol–water partition coefficient (Wildman–Crippen LogP) is 0.444. The number of rotatable bonds is 10. The van der Waals surface area contributed by atoms with Crippen molar-refractivity contribution in [3.63, 3.8) is 0 Å². The fraction of sp³-hybridized carbons (Fsp3) is 0.538. The number of hydrogen-bond acceptors (Lipinski definition) is 7. The lowest BCUT2D eigenvalue weighted by molar-refractivity contribution is -0.383. The molecule has 0 spiro atoms. The summed E-state index contributed by atoms with van der Waals surface area (Å²) in [5.41, 5.74) is 0.677. The first-order valence-corrected chi connectivity index (χ1v) is 6.62. The zero-order chi connectivity index (χ0) is 15.7. The molecule has 0 aliphatic carbocycles. The summed E-state index contributed by atoms with van der Waals surface area (Å²) in [5, 5.41) is 32.5. The third-order valence-corrected chi connectivity index (χ3v) is 2.90. The van der Waals surface area contributed by atoms with Gasteiger partial charge in [-0.1, -0.05) is 6.07 Å².